The zero-order valence-corrected chi connectivity index (χ0v) is 31.2. The van der Waals surface area contributed by atoms with Crippen molar-refractivity contribution in [3.63, 3.8) is 0 Å². The Balaban J connectivity index is 1.35. The predicted octanol–water partition coefficient (Wildman–Crippen LogP) is 12.8. The second kappa shape index (κ2) is 12.0. The van der Waals surface area contributed by atoms with Gasteiger partial charge in [0, 0.05) is 22.3 Å². The molecule has 264 valence electrons. The summed E-state index contributed by atoms with van der Waals surface area (Å²) in [5.74, 6) is 0.785. The molecule has 2 heterocycles. The Kier molecular flexibility index (Phi) is 7.40. The van der Waals surface area contributed by atoms with E-state index in [9.17, 15) is 0 Å². The lowest BCUT2D eigenvalue weighted by molar-refractivity contribution is 0.00578. The molecule has 6 nitrogen and oxygen atoms in total. The minimum Gasteiger partial charge on any atom is -0.394 e. The first kappa shape index (κ1) is 33.2. The molecule has 1 saturated heterocycles. The van der Waals surface area contributed by atoms with Crippen molar-refractivity contribution in [3.05, 3.63) is 146 Å². The van der Waals surface area contributed by atoms with Crippen molar-refractivity contribution in [1.82, 2.24) is 0 Å². The molecule has 2 aliphatic rings. The van der Waals surface area contributed by atoms with E-state index in [0.717, 1.165) is 76.5 Å². The van der Waals surface area contributed by atoms with Gasteiger partial charge in [-0.1, -0.05) is 133 Å². The van der Waals surface area contributed by atoms with Gasteiger partial charge in [-0.25, -0.2) is 4.57 Å². The SMILES string of the molecule is CC1(C)OB(OP2(=O)Oc3c(-c4cccc5ccccc45)cc4ccccc4c3-c3c(c(-c4cccc5ccccc45)cc4ccccc34)O2)OC1(C)C. The number of hydrogen-bond acceptors (Lipinski definition) is 6. The summed E-state index contributed by atoms with van der Waals surface area (Å²) in [6.45, 7) is 7.67. The van der Waals surface area contributed by atoms with E-state index in [1.165, 1.54) is 0 Å². The lowest BCUT2D eigenvalue weighted by Crippen LogP contribution is -2.41. The van der Waals surface area contributed by atoms with Crippen molar-refractivity contribution in [1.29, 1.82) is 0 Å². The maximum Gasteiger partial charge on any atom is 0.650 e. The van der Waals surface area contributed by atoms with Crippen LogP contribution in [0.2, 0.25) is 0 Å². The minimum atomic E-state index is -4.60. The van der Waals surface area contributed by atoms with E-state index >= 15 is 4.57 Å². The van der Waals surface area contributed by atoms with Crippen LogP contribution in [0.3, 0.4) is 0 Å². The summed E-state index contributed by atoms with van der Waals surface area (Å²) >= 11 is 0. The zero-order valence-electron chi connectivity index (χ0n) is 30.3. The van der Waals surface area contributed by atoms with E-state index in [4.69, 9.17) is 22.8 Å². The van der Waals surface area contributed by atoms with E-state index in [2.05, 4.69) is 84.9 Å². The molecule has 1 fully saturated rings. The third-order valence-corrected chi connectivity index (χ3v) is 12.5. The summed E-state index contributed by atoms with van der Waals surface area (Å²) in [5, 5.41) is 8.04. The highest BCUT2D eigenvalue weighted by atomic mass is 31.2. The van der Waals surface area contributed by atoms with Gasteiger partial charge in [0.25, 0.3) is 0 Å². The van der Waals surface area contributed by atoms with Crippen LogP contribution in [0.15, 0.2) is 146 Å². The van der Waals surface area contributed by atoms with Crippen LogP contribution in [0, 0.1) is 0 Å². The van der Waals surface area contributed by atoms with E-state index in [0.29, 0.717) is 11.5 Å². The van der Waals surface area contributed by atoms with Crippen LogP contribution in [-0.2, 0) is 18.3 Å². The number of phosphoric ester groups is 1. The second-order valence-electron chi connectivity index (χ2n) is 15.0. The van der Waals surface area contributed by atoms with E-state index in [-0.39, 0.29) is 0 Å². The topological polar surface area (TPSA) is 63.2 Å². The summed E-state index contributed by atoms with van der Waals surface area (Å²) in [6.07, 6.45) is 0. The fourth-order valence-electron chi connectivity index (χ4n) is 7.89. The largest absolute Gasteiger partial charge is 0.650 e. The van der Waals surface area contributed by atoms with Gasteiger partial charge in [-0.05, 0) is 94.0 Å². The van der Waals surface area contributed by atoms with Crippen LogP contribution in [0.25, 0.3) is 76.5 Å². The summed E-state index contributed by atoms with van der Waals surface area (Å²) < 4.78 is 48.3. The highest BCUT2D eigenvalue weighted by molar-refractivity contribution is 7.50. The van der Waals surface area contributed by atoms with Gasteiger partial charge in [0.2, 0.25) is 0 Å². The van der Waals surface area contributed by atoms with Crippen LogP contribution >= 0.6 is 7.82 Å². The third-order valence-electron chi connectivity index (χ3n) is 11.3. The van der Waals surface area contributed by atoms with Gasteiger partial charge in [0.1, 0.15) is 11.5 Å². The molecule has 0 bridgehead atoms. The summed E-state index contributed by atoms with van der Waals surface area (Å²) in [6, 6.07) is 49.6. The number of fused-ring (bicyclic) bond motifs is 9. The van der Waals surface area contributed by atoms with E-state index in [1.54, 1.807) is 0 Å². The molecular weight excluding hydrogens is 690 g/mol. The molecule has 0 aromatic heterocycles. The van der Waals surface area contributed by atoms with Crippen molar-refractivity contribution in [2.45, 2.75) is 38.9 Å². The maximum absolute atomic E-state index is 15.7. The van der Waals surface area contributed by atoms with Crippen molar-refractivity contribution < 1.29 is 27.4 Å². The quantitative estimate of drug-likeness (QED) is 0.133. The lowest BCUT2D eigenvalue weighted by atomic mass is 9.85. The third kappa shape index (κ3) is 5.19. The molecule has 0 unspecified atom stereocenters. The lowest BCUT2D eigenvalue weighted by Gasteiger charge is -2.31. The van der Waals surface area contributed by atoms with Crippen molar-refractivity contribution in [3.8, 4) is 44.9 Å². The molecule has 54 heavy (non-hydrogen) atoms. The molecule has 0 atom stereocenters. The molecule has 8 aromatic rings. The van der Waals surface area contributed by atoms with Crippen LogP contribution in [-0.4, -0.2) is 18.5 Å². The first-order valence-electron chi connectivity index (χ1n) is 18.2. The highest BCUT2D eigenvalue weighted by Gasteiger charge is 2.57. The molecule has 0 spiro atoms. The minimum absolute atomic E-state index is 0.392. The number of rotatable bonds is 4. The molecule has 10 rings (SSSR count). The van der Waals surface area contributed by atoms with Crippen molar-refractivity contribution in [2.75, 3.05) is 0 Å². The van der Waals surface area contributed by atoms with Gasteiger partial charge in [-0.2, -0.15) is 0 Å². The second-order valence-corrected chi connectivity index (χ2v) is 16.5. The van der Waals surface area contributed by atoms with Gasteiger partial charge in [-0.15, -0.1) is 0 Å². The molecule has 0 radical (unpaired) electrons. The normalized spacial score (nSPS) is 16.9. The highest BCUT2D eigenvalue weighted by Crippen LogP contribution is 2.64. The van der Waals surface area contributed by atoms with E-state index in [1.807, 2.05) is 88.4 Å². The Morgan fingerprint density at radius 1 is 0.463 bits per heavy atom. The standard InChI is InChI=1S/C46H36BO6P/c1-45(2)46(3,4)52-47(51-45)53-54(48)49-43-39(37-25-13-19-29-15-5-9-21-33(29)37)27-31-17-7-11-23-35(31)41(43)42-36-24-12-8-18-32(36)28-40(44(42)50-54)38-26-14-20-30-16-6-10-22-34(30)38/h5-28H,1-4H3. The maximum atomic E-state index is 15.7. The smallest absolute Gasteiger partial charge is 0.394 e. The Hall–Kier alpha value is -5.43. The molecule has 8 heteroatoms. The predicted molar refractivity (Wildman–Crippen MR) is 219 cm³/mol. The number of hydrogen-bond donors (Lipinski definition) is 0. The van der Waals surface area contributed by atoms with Crippen molar-refractivity contribution >= 4 is 58.2 Å². The first-order valence-corrected chi connectivity index (χ1v) is 19.7. The van der Waals surface area contributed by atoms with Crippen molar-refractivity contribution in [2.24, 2.45) is 0 Å². The van der Waals surface area contributed by atoms with Crippen LogP contribution < -0.4 is 9.05 Å². The molecule has 2 aliphatic heterocycles. The molecule has 0 N–H and O–H groups in total. The number of phosphoric acid groups is 1. The Bertz CT molecular complexity index is 2680. The van der Waals surface area contributed by atoms with Crippen LogP contribution in [0.5, 0.6) is 11.5 Å². The molecule has 0 amide bonds. The van der Waals surface area contributed by atoms with Gasteiger partial charge in [0.15, 0.2) is 0 Å². The average Bonchev–Trinajstić information content (AvgIpc) is 3.28. The summed E-state index contributed by atoms with van der Waals surface area (Å²) in [7, 11) is -5.93. The van der Waals surface area contributed by atoms with Gasteiger partial charge >= 0.3 is 15.1 Å². The molecule has 0 saturated carbocycles. The fourth-order valence-corrected chi connectivity index (χ4v) is 9.13. The fraction of sp³-hybridized carbons (Fsp3) is 0.130. The van der Waals surface area contributed by atoms with Gasteiger partial charge in [0.05, 0.1) is 11.2 Å². The van der Waals surface area contributed by atoms with Crippen LogP contribution in [0.1, 0.15) is 27.7 Å². The summed E-state index contributed by atoms with van der Waals surface area (Å²) in [4.78, 5) is 0. The summed E-state index contributed by atoms with van der Waals surface area (Å²) in [5.41, 5.74) is 3.38. The van der Waals surface area contributed by atoms with Gasteiger partial charge < -0.3 is 18.4 Å². The van der Waals surface area contributed by atoms with Crippen LogP contribution in [0.4, 0.5) is 0 Å². The van der Waals surface area contributed by atoms with Gasteiger partial charge in [-0.3, -0.25) is 4.44 Å². The monoisotopic (exact) mass is 726 g/mol. The first-order chi connectivity index (χ1) is 26.1. The Morgan fingerprint density at radius 2 is 0.833 bits per heavy atom. The Morgan fingerprint density at radius 3 is 1.28 bits per heavy atom. The molecule has 0 aliphatic carbocycles. The average molecular weight is 727 g/mol. The zero-order chi connectivity index (χ0) is 36.8. The number of benzene rings is 8. The Labute approximate surface area is 314 Å². The molecular formula is C46H36BO6P. The van der Waals surface area contributed by atoms with E-state index < -0.39 is 26.3 Å². The molecule has 8 aromatic carbocycles.